The van der Waals surface area contributed by atoms with Gasteiger partial charge in [0.2, 0.25) is 0 Å². The molecule has 0 saturated carbocycles. The number of hydrogen-bond donors (Lipinski definition) is 2. The van der Waals surface area contributed by atoms with Crippen LogP contribution in [0.15, 0.2) is 36.4 Å². The first kappa shape index (κ1) is 12.4. The molecule has 0 heterocycles. The molecule has 94 valence electrons. The number of amides is 1. The molecule has 0 aliphatic heterocycles. The Morgan fingerprint density at radius 3 is 2.94 bits per heavy atom. The van der Waals surface area contributed by atoms with Gasteiger partial charge in [0.25, 0.3) is 5.91 Å². The molecule has 0 atom stereocenters. The van der Waals surface area contributed by atoms with Gasteiger partial charge in [-0.25, -0.2) is 0 Å². The van der Waals surface area contributed by atoms with Crippen LogP contribution < -0.4 is 5.32 Å². The fraction of sp³-hybridized carbons (Fsp3) is 0.214. The number of hydrogen-bond acceptors (Lipinski definition) is 3. The largest absolute Gasteiger partial charge is 0.507 e. The molecule has 0 aliphatic rings. The van der Waals surface area contributed by atoms with Crippen molar-refractivity contribution in [3.63, 3.8) is 0 Å². The fourth-order valence-electron chi connectivity index (χ4n) is 1.78. The zero-order valence-electron chi connectivity index (χ0n) is 10.1. The highest BCUT2D eigenvalue weighted by atomic mass is 16.5. The zero-order chi connectivity index (χ0) is 13.0. The summed E-state index contributed by atoms with van der Waals surface area (Å²) < 4.78 is 4.87. The van der Waals surface area contributed by atoms with Crippen LogP contribution in [0.3, 0.4) is 0 Å². The van der Waals surface area contributed by atoms with E-state index in [2.05, 4.69) is 5.32 Å². The van der Waals surface area contributed by atoms with Crippen molar-refractivity contribution >= 4 is 16.7 Å². The highest BCUT2D eigenvalue weighted by Crippen LogP contribution is 2.24. The van der Waals surface area contributed by atoms with Gasteiger partial charge in [0, 0.05) is 24.6 Å². The number of ether oxygens (including phenoxy) is 1. The predicted octanol–water partition coefficient (Wildman–Crippen LogP) is 1.92. The maximum Gasteiger partial charge on any atom is 0.251 e. The lowest BCUT2D eigenvalue weighted by molar-refractivity contribution is 0.0937. The van der Waals surface area contributed by atoms with Crippen molar-refractivity contribution in [2.24, 2.45) is 0 Å². The lowest BCUT2D eigenvalue weighted by Crippen LogP contribution is -2.26. The Kier molecular flexibility index (Phi) is 3.79. The van der Waals surface area contributed by atoms with E-state index in [1.165, 1.54) is 0 Å². The standard InChI is InChI=1S/C14H15NO3/c1-18-8-7-15-14(17)11-5-6-12-10(9-11)3-2-4-13(12)16/h2-6,9,16H,7-8H2,1H3,(H,15,17). The quantitative estimate of drug-likeness (QED) is 0.809. The Morgan fingerprint density at radius 1 is 1.33 bits per heavy atom. The van der Waals surface area contributed by atoms with Gasteiger partial charge in [-0.2, -0.15) is 0 Å². The Bertz CT molecular complexity index is 566. The molecular formula is C14H15NO3. The second-order valence-corrected chi connectivity index (χ2v) is 3.96. The monoisotopic (exact) mass is 245 g/mol. The molecule has 0 radical (unpaired) electrons. The van der Waals surface area contributed by atoms with Crippen LogP contribution in [0.2, 0.25) is 0 Å². The Morgan fingerprint density at radius 2 is 2.17 bits per heavy atom. The molecule has 2 N–H and O–H groups in total. The minimum atomic E-state index is -0.141. The van der Waals surface area contributed by atoms with Crippen molar-refractivity contribution in [1.82, 2.24) is 5.32 Å². The van der Waals surface area contributed by atoms with E-state index in [-0.39, 0.29) is 11.7 Å². The number of benzene rings is 2. The zero-order valence-corrected chi connectivity index (χ0v) is 10.1. The number of phenolic OH excluding ortho intramolecular Hbond substituents is 1. The van der Waals surface area contributed by atoms with Gasteiger partial charge in [0.15, 0.2) is 0 Å². The van der Waals surface area contributed by atoms with Crippen molar-refractivity contribution in [2.75, 3.05) is 20.3 Å². The molecule has 2 aromatic rings. The third-order valence-electron chi connectivity index (χ3n) is 2.71. The number of aromatic hydroxyl groups is 1. The second kappa shape index (κ2) is 5.51. The van der Waals surface area contributed by atoms with Crippen molar-refractivity contribution in [3.8, 4) is 5.75 Å². The van der Waals surface area contributed by atoms with Gasteiger partial charge >= 0.3 is 0 Å². The van der Waals surface area contributed by atoms with E-state index in [1.54, 1.807) is 37.4 Å². The summed E-state index contributed by atoms with van der Waals surface area (Å²) in [4.78, 5) is 11.8. The molecule has 0 fully saturated rings. The lowest BCUT2D eigenvalue weighted by Gasteiger charge is -2.06. The fourth-order valence-corrected chi connectivity index (χ4v) is 1.78. The van der Waals surface area contributed by atoms with Crippen LogP contribution in [0.5, 0.6) is 5.75 Å². The molecule has 0 unspecified atom stereocenters. The molecule has 4 heteroatoms. The molecule has 0 bridgehead atoms. The number of nitrogens with one attached hydrogen (secondary N) is 1. The SMILES string of the molecule is COCCNC(=O)c1ccc2c(O)cccc2c1. The van der Waals surface area contributed by atoms with E-state index in [1.807, 2.05) is 6.07 Å². The normalized spacial score (nSPS) is 10.5. The number of rotatable bonds is 4. The van der Waals surface area contributed by atoms with Gasteiger partial charge in [-0.15, -0.1) is 0 Å². The van der Waals surface area contributed by atoms with Gasteiger partial charge in [0.1, 0.15) is 5.75 Å². The summed E-state index contributed by atoms with van der Waals surface area (Å²) in [6, 6.07) is 10.4. The summed E-state index contributed by atoms with van der Waals surface area (Å²) in [5, 5.41) is 14.0. The van der Waals surface area contributed by atoms with E-state index < -0.39 is 0 Å². The summed E-state index contributed by atoms with van der Waals surface area (Å²) in [5.41, 5.74) is 0.573. The molecule has 0 aromatic heterocycles. The van der Waals surface area contributed by atoms with Crippen LogP contribution >= 0.6 is 0 Å². The molecule has 18 heavy (non-hydrogen) atoms. The molecule has 1 amide bonds. The minimum absolute atomic E-state index is 0.141. The van der Waals surface area contributed by atoms with Crippen molar-refractivity contribution in [3.05, 3.63) is 42.0 Å². The summed E-state index contributed by atoms with van der Waals surface area (Å²) in [6.07, 6.45) is 0. The van der Waals surface area contributed by atoms with Crippen LogP contribution in [0.1, 0.15) is 10.4 Å². The first-order valence-corrected chi connectivity index (χ1v) is 5.71. The lowest BCUT2D eigenvalue weighted by atomic mass is 10.1. The van der Waals surface area contributed by atoms with Gasteiger partial charge in [-0.3, -0.25) is 4.79 Å². The van der Waals surface area contributed by atoms with Crippen LogP contribution in [0, 0.1) is 0 Å². The van der Waals surface area contributed by atoms with E-state index in [0.29, 0.717) is 18.7 Å². The maximum absolute atomic E-state index is 11.8. The highest BCUT2D eigenvalue weighted by Gasteiger charge is 2.06. The topological polar surface area (TPSA) is 58.6 Å². The number of phenols is 1. The smallest absolute Gasteiger partial charge is 0.251 e. The maximum atomic E-state index is 11.8. The molecule has 4 nitrogen and oxygen atoms in total. The second-order valence-electron chi connectivity index (χ2n) is 3.96. The first-order valence-electron chi connectivity index (χ1n) is 5.71. The first-order chi connectivity index (χ1) is 8.72. The van der Waals surface area contributed by atoms with E-state index >= 15 is 0 Å². The third kappa shape index (κ3) is 2.60. The average Bonchev–Trinajstić information content (AvgIpc) is 2.39. The van der Waals surface area contributed by atoms with Crippen molar-refractivity contribution < 1.29 is 14.6 Å². The molecule has 2 rings (SSSR count). The molecule has 0 aliphatic carbocycles. The number of fused-ring (bicyclic) bond motifs is 1. The summed E-state index contributed by atoms with van der Waals surface area (Å²) >= 11 is 0. The van der Waals surface area contributed by atoms with Crippen molar-refractivity contribution in [2.45, 2.75) is 0 Å². The van der Waals surface area contributed by atoms with Gasteiger partial charge in [-0.1, -0.05) is 12.1 Å². The summed E-state index contributed by atoms with van der Waals surface area (Å²) in [7, 11) is 1.59. The summed E-state index contributed by atoms with van der Waals surface area (Å²) in [6.45, 7) is 0.966. The molecule has 0 spiro atoms. The Hall–Kier alpha value is -2.07. The predicted molar refractivity (Wildman–Crippen MR) is 69.8 cm³/mol. The van der Waals surface area contributed by atoms with Crippen LogP contribution in [-0.4, -0.2) is 31.3 Å². The molecule has 0 saturated heterocycles. The number of methoxy groups -OCH3 is 1. The number of carbonyl (C=O) groups excluding carboxylic acids is 1. The molecular weight excluding hydrogens is 230 g/mol. The van der Waals surface area contributed by atoms with Gasteiger partial charge in [-0.05, 0) is 29.7 Å². The van der Waals surface area contributed by atoms with Crippen molar-refractivity contribution in [1.29, 1.82) is 0 Å². The summed E-state index contributed by atoms with van der Waals surface area (Å²) in [5.74, 6) is 0.0798. The van der Waals surface area contributed by atoms with E-state index in [9.17, 15) is 9.90 Å². The van der Waals surface area contributed by atoms with Gasteiger partial charge < -0.3 is 15.2 Å². The van der Waals surface area contributed by atoms with E-state index in [4.69, 9.17) is 4.74 Å². The Labute approximate surface area is 105 Å². The highest BCUT2D eigenvalue weighted by molar-refractivity contribution is 5.99. The Balaban J connectivity index is 2.22. The average molecular weight is 245 g/mol. The van der Waals surface area contributed by atoms with Gasteiger partial charge in [0.05, 0.1) is 6.61 Å². The minimum Gasteiger partial charge on any atom is -0.507 e. The van der Waals surface area contributed by atoms with E-state index in [0.717, 1.165) is 10.8 Å². The van der Waals surface area contributed by atoms with Crippen LogP contribution in [0.25, 0.3) is 10.8 Å². The van der Waals surface area contributed by atoms with Crippen LogP contribution in [0.4, 0.5) is 0 Å². The number of carbonyl (C=O) groups is 1. The third-order valence-corrected chi connectivity index (χ3v) is 2.71. The molecule has 2 aromatic carbocycles. The van der Waals surface area contributed by atoms with Crippen LogP contribution in [-0.2, 0) is 4.74 Å².